The van der Waals surface area contributed by atoms with Crippen LogP contribution in [0.5, 0.6) is 0 Å². The van der Waals surface area contributed by atoms with Gasteiger partial charge in [-0.2, -0.15) is 0 Å². The molecule has 3 aliphatic heterocycles. The maximum Gasteiger partial charge on any atom is 0.230 e. The highest BCUT2D eigenvalue weighted by molar-refractivity contribution is 5.86. The summed E-state index contributed by atoms with van der Waals surface area (Å²) in [6, 6.07) is 0. The molecule has 0 aromatic rings. The van der Waals surface area contributed by atoms with E-state index in [4.69, 9.17) is 0 Å². The fourth-order valence-corrected chi connectivity index (χ4v) is 5.07. The van der Waals surface area contributed by atoms with Gasteiger partial charge in [0.05, 0.1) is 5.41 Å². The third-order valence-electron chi connectivity index (χ3n) is 6.97. The summed E-state index contributed by atoms with van der Waals surface area (Å²) >= 11 is 0. The van der Waals surface area contributed by atoms with Crippen molar-refractivity contribution < 1.29 is 14.4 Å². The van der Waals surface area contributed by atoms with Gasteiger partial charge >= 0.3 is 0 Å². The number of carbonyl (C=O) groups is 3. The Balaban J connectivity index is 1.30. The van der Waals surface area contributed by atoms with Crippen LogP contribution in [0, 0.1) is 11.3 Å². The average molecular weight is 376 g/mol. The standard InChI is InChI=1S/C21H33N3O3/c25-18-5-2-1-3-11-22(18)13-8-19(26)24-14-10-21(16-24)9-4-12-23(20(21)27)15-17-6-7-17/h17H,1-16H2/t21-/m0/s1. The van der Waals surface area contributed by atoms with E-state index in [-0.39, 0.29) is 17.2 Å². The summed E-state index contributed by atoms with van der Waals surface area (Å²) in [4.78, 5) is 43.8. The van der Waals surface area contributed by atoms with E-state index in [1.54, 1.807) is 0 Å². The number of hydrogen-bond donors (Lipinski definition) is 0. The SMILES string of the molecule is O=C1CCCCCN1CCC(=O)N1CC[C@@]2(CCCN(CC3CC3)C2=O)C1. The lowest BCUT2D eigenvalue weighted by atomic mass is 9.78. The highest BCUT2D eigenvalue weighted by Gasteiger charge is 2.49. The van der Waals surface area contributed by atoms with Gasteiger partial charge in [0.2, 0.25) is 17.7 Å². The minimum absolute atomic E-state index is 0.107. The van der Waals surface area contributed by atoms with Crippen LogP contribution < -0.4 is 0 Å². The van der Waals surface area contributed by atoms with Crippen LogP contribution in [0.3, 0.4) is 0 Å². The van der Waals surface area contributed by atoms with Crippen molar-refractivity contribution in [3.05, 3.63) is 0 Å². The number of carbonyl (C=O) groups excluding carboxylic acids is 3. The summed E-state index contributed by atoms with van der Waals surface area (Å²) in [5.41, 5.74) is -0.332. The molecule has 3 heterocycles. The number of piperidine rings is 1. The van der Waals surface area contributed by atoms with Crippen LogP contribution >= 0.6 is 0 Å². The Kier molecular flexibility index (Phi) is 5.42. The maximum atomic E-state index is 13.1. The van der Waals surface area contributed by atoms with E-state index >= 15 is 0 Å². The molecule has 150 valence electrons. The van der Waals surface area contributed by atoms with Gasteiger partial charge in [-0.15, -0.1) is 0 Å². The topological polar surface area (TPSA) is 60.9 Å². The third-order valence-corrected chi connectivity index (χ3v) is 6.97. The Morgan fingerprint density at radius 1 is 0.963 bits per heavy atom. The smallest absolute Gasteiger partial charge is 0.230 e. The van der Waals surface area contributed by atoms with Crippen molar-refractivity contribution in [3.8, 4) is 0 Å². The second kappa shape index (κ2) is 7.80. The normalized spacial score (nSPS) is 29.6. The molecular weight excluding hydrogens is 342 g/mol. The summed E-state index contributed by atoms with van der Waals surface area (Å²) < 4.78 is 0. The molecule has 6 nitrogen and oxygen atoms in total. The van der Waals surface area contributed by atoms with Gasteiger partial charge in [-0.3, -0.25) is 14.4 Å². The largest absolute Gasteiger partial charge is 0.342 e. The fraction of sp³-hybridized carbons (Fsp3) is 0.857. The quantitative estimate of drug-likeness (QED) is 0.739. The Morgan fingerprint density at radius 2 is 1.78 bits per heavy atom. The third kappa shape index (κ3) is 4.14. The first-order chi connectivity index (χ1) is 13.1. The zero-order valence-corrected chi connectivity index (χ0v) is 16.5. The lowest BCUT2D eigenvalue weighted by molar-refractivity contribution is -0.146. The first-order valence-corrected chi connectivity index (χ1v) is 10.9. The molecule has 0 bridgehead atoms. The van der Waals surface area contributed by atoms with Crippen LogP contribution in [0.25, 0.3) is 0 Å². The van der Waals surface area contributed by atoms with Gasteiger partial charge in [-0.25, -0.2) is 0 Å². The minimum atomic E-state index is -0.332. The van der Waals surface area contributed by atoms with Gasteiger partial charge in [0.25, 0.3) is 0 Å². The lowest BCUT2D eigenvalue weighted by Gasteiger charge is -2.39. The van der Waals surface area contributed by atoms with Crippen LogP contribution in [0.15, 0.2) is 0 Å². The summed E-state index contributed by atoms with van der Waals surface area (Å²) in [5.74, 6) is 1.31. The molecule has 6 heteroatoms. The first-order valence-electron chi connectivity index (χ1n) is 10.9. The number of nitrogens with zero attached hydrogens (tertiary/aromatic N) is 3. The van der Waals surface area contributed by atoms with Crippen molar-refractivity contribution in [2.45, 2.75) is 64.2 Å². The van der Waals surface area contributed by atoms with Gasteiger partial charge < -0.3 is 14.7 Å². The molecule has 0 N–H and O–H groups in total. The monoisotopic (exact) mass is 375 g/mol. The molecule has 0 aromatic carbocycles. The Labute approximate surface area is 162 Å². The molecule has 0 radical (unpaired) electrons. The number of likely N-dealkylation sites (tertiary alicyclic amines) is 3. The molecule has 27 heavy (non-hydrogen) atoms. The van der Waals surface area contributed by atoms with Crippen LogP contribution in [0.4, 0.5) is 0 Å². The summed E-state index contributed by atoms with van der Waals surface area (Å²) in [6.45, 7) is 4.40. The van der Waals surface area contributed by atoms with E-state index in [1.807, 2.05) is 9.80 Å². The molecule has 3 saturated heterocycles. The molecular formula is C21H33N3O3. The Morgan fingerprint density at radius 3 is 2.59 bits per heavy atom. The Hall–Kier alpha value is -1.59. The van der Waals surface area contributed by atoms with E-state index in [0.717, 1.165) is 64.1 Å². The first kappa shape index (κ1) is 18.8. The summed E-state index contributed by atoms with van der Waals surface area (Å²) in [5, 5.41) is 0. The molecule has 1 spiro atoms. The molecule has 1 atom stereocenters. The zero-order valence-electron chi connectivity index (χ0n) is 16.5. The summed E-state index contributed by atoms with van der Waals surface area (Å²) in [6.07, 6.45) is 9.42. The van der Waals surface area contributed by atoms with Gasteiger partial charge in [-0.1, -0.05) is 6.42 Å². The number of hydrogen-bond acceptors (Lipinski definition) is 3. The molecule has 1 saturated carbocycles. The fourth-order valence-electron chi connectivity index (χ4n) is 5.07. The molecule has 0 unspecified atom stereocenters. The number of rotatable bonds is 5. The van der Waals surface area contributed by atoms with Gasteiger partial charge in [0.1, 0.15) is 0 Å². The van der Waals surface area contributed by atoms with Crippen molar-refractivity contribution >= 4 is 17.7 Å². The average Bonchev–Trinajstić information content (AvgIpc) is 3.41. The van der Waals surface area contributed by atoms with Crippen molar-refractivity contribution in [2.75, 3.05) is 39.3 Å². The second-order valence-corrected chi connectivity index (χ2v) is 9.09. The zero-order chi connectivity index (χ0) is 18.9. The van der Waals surface area contributed by atoms with Crippen molar-refractivity contribution in [1.82, 2.24) is 14.7 Å². The van der Waals surface area contributed by atoms with Crippen molar-refractivity contribution in [3.63, 3.8) is 0 Å². The highest BCUT2D eigenvalue weighted by atomic mass is 16.2. The van der Waals surface area contributed by atoms with Gasteiger partial charge in [0, 0.05) is 52.1 Å². The van der Waals surface area contributed by atoms with E-state index in [9.17, 15) is 14.4 Å². The molecule has 4 aliphatic rings. The van der Waals surface area contributed by atoms with Crippen molar-refractivity contribution in [2.24, 2.45) is 11.3 Å². The molecule has 4 rings (SSSR count). The highest BCUT2D eigenvalue weighted by Crippen LogP contribution is 2.41. The predicted octanol–water partition coefficient (Wildman–Crippen LogP) is 2.03. The van der Waals surface area contributed by atoms with Gasteiger partial charge in [-0.05, 0) is 50.9 Å². The van der Waals surface area contributed by atoms with Crippen LogP contribution in [-0.2, 0) is 14.4 Å². The molecule has 0 aromatic heterocycles. The number of amides is 3. The van der Waals surface area contributed by atoms with Crippen molar-refractivity contribution in [1.29, 1.82) is 0 Å². The van der Waals surface area contributed by atoms with E-state index in [0.29, 0.717) is 38.4 Å². The van der Waals surface area contributed by atoms with Crippen LogP contribution in [0.1, 0.15) is 64.2 Å². The van der Waals surface area contributed by atoms with E-state index < -0.39 is 0 Å². The maximum absolute atomic E-state index is 13.1. The molecule has 1 aliphatic carbocycles. The predicted molar refractivity (Wildman–Crippen MR) is 102 cm³/mol. The van der Waals surface area contributed by atoms with Gasteiger partial charge in [0.15, 0.2) is 0 Å². The van der Waals surface area contributed by atoms with E-state index in [2.05, 4.69) is 4.90 Å². The minimum Gasteiger partial charge on any atom is -0.342 e. The molecule has 4 fully saturated rings. The Bertz CT molecular complexity index is 603. The van der Waals surface area contributed by atoms with Crippen LogP contribution in [-0.4, -0.2) is 71.7 Å². The van der Waals surface area contributed by atoms with E-state index in [1.165, 1.54) is 12.8 Å². The molecule has 3 amide bonds. The second-order valence-electron chi connectivity index (χ2n) is 9.09. The lowest BCUT2D eigenvalue weighted by Crippen LogP contribution is -2.51. The van der Waals surface area contributed by atoms with Crippen LogP contribution in [0.2, 0.25) is 0 Å². The summed E-state index contributed by atoms with van der Waals surface area (Å²) in [7, 11) is 0.